The lowest BCUT2D eigenvalue weighted by molar-refractivity contribution is -0.118. The van der Waals surface area contributed by atoms with Gasteiger partial charge in [0.2, 0.25) is 26.0 Å². The standard InChI is InChI=1S/C24H22N4O5S2/c29-23-15-22(35(32,33)28-23)17-12-10-16(11-13-17)14-21(24-25-19-8-4-5-9-20(19)26-24)27-34(30,31)18-6-2-1-3-7-18/h1-13,21-22,27H,14-15H2,(H,25,26)(H,28,29)/t21-,22?/m0/s1. The van der Waals surface area contributed by atoms with Crippen LogP contribution in [0.3, 0.4) is 0 Å². The molecule has 1 amide bonds. The number of nitrogens with zero attached hydrogens (tertiary/aromatic N) is 1. The second kappa shape index (κ2) is 8.91. The summed E-state index contributed by atoms with van der Waals surface area (Å²) < 4.78 is 55.3. The van der Waals surface area contributed by atoms with Crippen LogP contribution < -0.4 is 9.44 Å². The van der Waals surface area contributed by atoms with Gasteiger partial charge in [-0.3, -0.25) is 9.52 Å². The van der Waals surface area contributed by atoms with E-state index in [0.717, 1.165) is 11.1 Å². The van der Waals surface area contributed by atoms with Crippen molar-refractivity contribution in [3.63, 3.8) is 0 Å². The number of carbonyl (C=O) groups excluding carboxylic acids is 1. The summed E-state index contributed by atoms with van der Waals surface area (Å²) >= 11 is 0. The number of carbonyl (C=O) groups is 1. The van der Waals surface area contributed by atoms with Crippen LogP contribution in [0.15, 0.2) is 83.8 Å². The molecule has 5 rings (SSSR count). The van der Waals surface area contributed by atoms with Gasteiger partial charge in [0.05, 0.1) is 28.4 Å². The molecule has 2 heterocycles. The number of nitrogens with one attached hydrogen (secondary N) is 3. The summed E-state index contributed by atoms with van der Waals surface area (Å²) in [7, 11) is -7.59. The van der Waals surface area contributed by atoms with Crippen molar-refractivity contribution in [1.82, 2.24) is 19.4 Å². The molecule has 0 spiro atoms. The minimum atomic E-state index is -3.84. The van der Waals surface area contributed by atoms with Gasteiger partial charge in [-0.15, -0.1) is 0 Å². The fourth-order valence-corrected chi connectivity index (χ4v) is 6.79. The monoisotopic (exact) mass is 510 g/mol. The van der Waals surface area contributed by atoms with Gasteiger partial charge in [0, 0.05) is 0 Å². The Morgan fingerprint density at radius 1 is 0.971 bits per heavy atom. The summed E-state index contributed by atoms with van der Waals surface area (Å²) in [4.78, 5) is 19.5. The molecule has 1 aromatic heterocycles. The first kappa shape index (κ1) is 23.2. The van der Waals surface area contributed by atoms with Crippen molar-refractivity contribution < 1.29 is 21.6 Å². The normalized spacial score (nSPS) is 18.4. The zero-order valence-corrected chi connectivity index (χ0v) is 20.0. The first-order valence-corrected chi connectivity index (χ1v) is 13.9. The molecule has 1 saturated heterocycles. The summed E-state index contributed by atoms with van der Waals surface area (Å²) in [5.41, 5.74) is 2.76. The average Bonchev–Trinajstić information content (AvgIpc) is 3.39. The molecule has 1 fully saturated rings. The van der Waals surface area contributed by atoms with E-state index >= 15 is 0 Å². The van der Waals surface area contributed by atoms with Crippen molar-refractivity contribution in [3.8, 4) is 0 Å². The van der Waals surface area contributed by atoms with E-state index in [1.54, 1.807) is 42.5 Å². The minimum absolute atomic E-state index is 0.125. The highest BCUT2D eigenvalue weighted by Gasteiger charge is 2.37. The van der Waals surface area contributed by atoms with Gasteiger partial charge in [-0.05, 0) is 41.8 Å². The number of sulfonamides is 2. The Kier molecular flexibility index (Phi) is 5.91. The summed E-state index contributed by atoms with van der Waals surface area (Å²) in [6.45, 7) is 0. The summed E-state index contributed by atoms with van der Waals surface area (Å²) in [6.07, 6.45) is 0.140. The summed E-state index contributed by atoms with van der Waals surface area (Å²) in [5, 5.41) is -0.938. The Balaban J connectivity index is 1.46. The van der Waals surface area contributed by atoms with E-state index < -0.39 is 37.2 Å². The molecule has 0 bridgehead atoms. The van der Waals surface area contributed by atoms with Crippen molar-refractivity contribution in [2.45, 2.75) is 29.0 Å². The molecule has 0 saturated carbocycles. The number of rotatable bonds is 7. The average molecular weight is 511 g/mol. The molecule has 1 unspecified atom stereocenters. The van der Waals surface area contributed by atoms with E-state index in [-0.39, 0.29) is 17.7 Å². The molecule has 0 aliphatic carbocycles. The predicted octanol–water partition coefficient (Wildman–Crippen LogP) is 2.72. The van der Waals surface area contributed by atoms with Gasteiger partial charge in [0.15, 0.2) is 0 Å². The van der Waals surface area contributed by atoms with Crippen LogP contribution in [0.5, 0.6) is 0 Å². The number of amides is 1. The minimum Gasteiger partial charge on any atom is -0.341 e. The number of imidazole rings is 1. The molecule has 2 atom stereocenters. The lowest BCUT2D eigenvalue weighted by Crippen LogP contribution is -2.31. The molecule has 1 aliphatic rings. The Morgan fingerprint density at radius 3 is 2.31 bits per heavy atom. The fourth-order valence-electron chi connectivity index (χ4n) is 4.14. The van der Waals surface area contributed by atoms with Crippen LogP contribution in [-0.4, -0.2) is 32.7 Å². The molecule has 11 heteroatoms. The SMILES string of the molecule is O=C1CC(c2ccc(C[C@H](NS(=O)(=O)c3ccccc3)c3nc4ccccc4[nH]3)cc2)S(=O)(=O)N1. The van der Waals surface area contributed by atoms with Gasteiger partial charge >= 0.3 is 0 Å². The van der Waals surface area contributed by atoms with Crippen LogP contribution >= 0.6 is 0 Å². The highest BCUT2D eigenvalue weighted by Crippen LogP contribution is 2.31. The van der Waals surface area contributed by atoms with Crippen molar-refractivity contribution in [3.05, 3.63) is 95.8 Å². The lowest BCUT2D eigenvalue weighted by atomic mass is 10.0. The van der Waals surface area contributed by atoms with Crippen molar-refractivity contribution in [2.75, 3.05) is 0 Å². The Hall–Kier alpha value is -3.54. The maximum Gasteiger partial charge on any atom is 0.242 e. The second-order valence-electron chi connectivity index (χ2n) is 8.33. The molecule has 0 radical (unpaired) electrons. The highest BCUT2D eigenvalue weighted by molar-refractivity contribution is 7.90. The molecular weight excluding hydrogens is 488 g/mol. The van der Waals surface area contributed by atoms with Gasteiger partial charge in [0.25, 0.3) is 0 Å². The third-order valence-corrected chi connectivity index (χ3v) is 9.07. The molecular formula is C24H22N4O5S2. The molecule has 3 aromatic carbocycles. The van der Waals surface area contributed by atoms with Crippen molar-refractivity contribution in [1.29, 1.82) is 0 Å². The van der Waals surface area contributed by atoms with E-state index in [2.05, 4.69) is 14.7 Å². The number of aromatic amines is 1. The van der Waals surface area contributed by atoms with E-state index in [4.69, 9.17) is 0 Å². The number of aromatic nitrogens is 2. The zero-order valence-electron chi connectivity index (χ0n) is 18.4. The van der Waals surface area contributed by atoms with Crippen LogP contribution in [0.25, 0.3) is 11.0 Å². The predicted molar refractivity (Wildman–Crippen MR) is 130 cm³/mol. The highest BCUT2D eigenvalue weighted by atomic mass is 32.2. The maximum absolute atomic E-state index is 13.1. The number of H-pyrrole nitrogens is 1. The van der Waals surface area contributed by atoms with Gasteiger partial charge < -0.3 is 4.98 Å². The number of hydrogen-bond donors (Lipinski definition) is 3. The number of hydrogen-bond acceptors (Lipinski definition) is 6. The first-order chi connectivity index (χ1) is 16.7. The Labute approximate surface area is 202 Å². The maximum atomic E-state index is 13.1. The van der Waals surface area contributed by atoms with Crippen molar-refractivity contribution >= 4 is 37.0 Å². The van der Waals surface area contributed by atoms with E-state index in [0.29, 0.717) is 16.9 Å². The topological polar surface area (TPSA) is 138 Å². The second-order valence-corrected chi connectivity index (χ2v) is 11.9. The Bertz CT molecular complexity index is 1570. The van der Waals surface area contributed by atoms with E-state index in [1.807, 2.05) is 29.0 Å². The van der Waals surface area contributed by atoms with Gasteiger partial charge in [-0.25, -0.2) is 26.5 Å². The molecule has 3 N–H and O–H groups in total. The number of para-hydroxylation sites is 2. The van der Waals surface area contributed by atoms with E-state index in [1.165, 1.54) is 12.1 Å². The molecule has 4 aromatic rings. The van der Waals surface area contributed by atoms with Crippen LogP contribution in [0.2, 0.25) is 0 Å². The van der Waals surface area contributed by atoms with Crippen LogP contribution in [0.1, 0.15) is 34.7 Å². The number of fused-ring (bicyclic) bond motifs is 1. The Morgan fingerprint density at radius 2 is 1.66 bits per heavy atom. The molecule has 35 heavy (non-hydrogen) atoms. The lowest BCUT2D eigenvalue weighted by Gasteiger charge is -2.18. The zero-order chi connectivity index (χ0) is 24.6. The molecule has 9 nitrogen and oxygen atoms in total. The van der Waals surface area contributed by atoms with Crippen LogP contribution in [-0.2, 0) is 31.3 Å². The molecule has 180 valence electrons. The van der Waals surface area contributed by atoms with E-state index in [9.17, 15) is 21.6 Å². The van der Waals surface area contributed by atoms with Crippen LogP contribution in [0.4, 0.5) is 0 Å². The van der Waals surface area contributed by atoms with Gasteiger partial charge in [0.1, 0.15) is 11.1 Å². The summed E-state index contributed by atoms with van der Waals surface area (Å²) in [5.74, 6) is -0.0673. The third kappa shape index (κ3) is 4.83. The van der Waals surface area contributed by atoms with Crippen molar-refractivity contribution in [2.24, 2.45) is 0 Å². The quantitative estimate of drug-likeness (QED) is 0.350. The largest absolute Gasteiger partial charge is 0.341 e. The van der Waals surface area contributed by atoms with Gasteiger partial charge in [-0.1, -0.05) is 54.6 Å². The molecule has 1 aliphatic heterocycles. The fraction of sp³-hybridized carbons (Fsp3) is 0.167. The summed E-state index contributed by atoms with van der Waals surface area (Å²) in [6, 6.07) is 21.6. The smallest absolute Gasteiger partial charge is 0.242 e. The van der Waals surface area contributed by atoms with Crippen LogP contribution in [0, 0.1) is 0 Å². The third-order valence-electron chi connectivity index (χ3n) is 5.88. The van der Waals surface area contributed by atoms with Gasteiger partial charge in [-0.2, -0.15) is 0 Å². The first-order valence-electron chi connectivity index (χ1n) is 10.9. The number of benzene rings is 3.